The number of aryl methyl sites for hydroxylation is 2. The summed E-state index contributed by atoms with van der Waals surface area (Å²) >= 11 is 1.60. The second-order valence-electron chi connectivity index (χ2n) is 4.58. The van der Waals surface area contributed by atoms with Crippen LogP contribution in [0.5, 0.6) is 0 Å². The first-order valence-corrected chi connectivity index (χ1v) is 7.49. The highest BCUT2D eigenvalue weighted by atomic mass is 32.2. The molecule has 0 heterocycles. The summed E-state index contributed by atoms with van der Waals surface area (Å²) in [6.07, 6.45) is 0.965. The molecule has 98 valence electrons. The highest BCUT2D eigenvalue weighted by Crippen LogP contribution is 2.20. The maximum Gasteiger partial charge on any atom is 0.173 e. The third kappa shape index (κ3) is 3.97. The van der Waals surface area contributed by atoms with Crippen LogP contribution in [0.25, 0.3) is 0 Å². The van der Waals surface area contributed by atoms with E-state index in [0.717, 1.165) is 16.9 Å². The molecule has 0 atom stereocenters. The molecule has 0 amide bonds. The Kier molecular flexibility index (Phi) is 4.80. The first-order valence-electron chi connectivity index (χ1n) is 6.50. The Morgan fingerprint density at radius 3 is 2.53 bits per heavy atom. The summed E-state index contributed by atoms with van der Waals surface area (Å²) in [6.45, 7) is 4.17. The van der Waals surface area contributed by atoms with Crippen molar-refractivity contribution in [2.75, 3.05) is 5.75 Å². The van der Waals surface area contributed by atoms with Crippen LogP contribution in [-0.4, -0.2) is 11.5 Å². The van der Waals surface area contributed by atoms with Gasteiger partial charge in [-0.25, -0.2) is 0 Å². The average molecular weight is 270 g/mol. The first kappa shape index (κ1) is 13.9. The van der Waals surface area contributed by atoms with Gasteiger partial charge in [-0.2, -0.15) is 0 Å². The van der Waals surface area contributed by atoms with Gasteiger partial charge in [-0.15, -0.1) is 11.8 Å². The number of carbonyl (C=O) groups excluding carboxylic acids is 1. The molecule has 2 heteroatoms. The Labute approximate surface area is 119 Å². The van der Waals surface area contributed by atoms with Gasteiger partial charge >= 0.3 is 0 Å². The standard InChI is InChI=1S/C17H18OS/c1-3-14-5-4-6-15(11-14)17(18)12-19-16-9-7-13(2)8-10-16/h4-11H,3,12H2,1-2H3. The third-order valence-electron chi connectivity index (χ3n) is 3.05. The lowest BCUT2D eigenvalue weighted by Crippen LogP contribution is -2.02. The Balaban J connectivity index is 1.99. The average Bonchev–Trinajstić information content (AvgIpc) is 2.46. The molecule has 2 aromatic rings. The summed E-state index contributed by atoms with van der Waals surface area (Å²) in [4.78, 5) is 13.3. The summed E-state index contributed by atoms with van der Waals surface area (Å²) in [6, 6.07) is 16.2. The van der Waals surface area contributed by atoms with Crippen molar-refractivity contribution < 1.29 is 4.79 Å². The summed E-state index contributed by atoms with van der Waals surface area (Å²) in [7, 11) is 0. The SMILES string of the molecule is CCc1cccc(C(=O)CSc2ccc(C)cc2)c1. The van der Waals surface area contributed by atoms with Crippen LogP contribution in [0.3, 0.4) is 0 Å². The summed E-state index contributed by atoms with van der Waals surface area (Å²) in [5.41, 5.74) is 3.27. The van der Waals surface area contributed by atoms with E-state index in [0.29, 0.717) is 5.75 Å². The molecule has 0 saturated carbocycles. The van der Waals surface area contributed by atoms with Crippen molar-refractivity contribution in [3.05, 3.63) is 65.2 Å². The van der Waals surface area contributed by atoms with Crippen LogP contribution in [0, 0.1) is 6.92 Å². The van der Waals surface area contributed by atoms with Crippen LogP contribution in [0.2, 0.25) is 0 Å². The minimum absolute atomic E-state index is 0.195. The predicted octanol–water partition coefficient (Wildman–Crippen LogP) is 4.53. The third-order valence-corrected chi connectivity index (χ3v) is 4.06. The fourth-order valence-corrected chi connectivity index (χ4v) is 2.62. The highest BCUT2D eigenvalue weighted by Gasteiger charge is 2.07. The molecule has 0 aromatic heterocycles. The quantitative estimate of drug-likeness (QED) is 0.586. The van der Waals surface area contributed by atoms with E-state index in [1.165, 1.54) is 11.1 Å². The minimum atomic E-state index is 0.195. The van der Waals surface area contributed by atoms with Crippen LogP contribution < -0.4 is 0 Å². The number of ketones is 1. The topological polar surface area (TPSA) is 17.1 Å². The maximum absolute atomic E-state index is 12.1. The fourth-order valence-electron chi connectivity index (χ4n) is 1.83. The van der Waals surface area contributed by atoms with Crippen molar-refractivity contribution in [2.24, 2.45) is 0 Å². The zero-order valence-corrected chi connectivity index (χ0v) is 12.2. The number of thioether (sulfide) groups is 1. The Hall–Kier alpha value is -1.54. The molecule has 0 bridgehead atoms. The van der Waals surface area contributed by atoms with E-state index < -0.39 is 0 Å². The lowest BCUT2D eigenvalue weighted by molar-refractivity contribution is 0.102. The Morgan fingerprint density at radius 2 is 1.84 bits per heavy atom. The maximum atomic E-state index is 12.1. The van der Waals surface area contributed by atoms with Gasteiger partial charge in [-0.3, -0.25) is 4.79 Å². The molecule has 0 aliphatic rings. The minimum Gasteiger partial charge on any atom is -0.293 e. The van der Waals surface area contributed by atoms with E-state index in [4.69, 9.17) is 0 Å². The summed E-state index contributed by atoms with van der Waals surface area (Å²) in [5.74, 6) is 0.692. The lowest BCUT2D eigenvalue weighted by Gasteiger charge is -2.04. The number of rotatable bonds is 5. The molecule has 0 aliphatic carbocycles. The molecule has 0 unspecified atom stereocenters. The van der Waals surface area contributed by atoms with Crippen LogP contribution in [0.15, 0.2) is 53.4 Å². The molecule has 0 spiro atoms. The number of benzene rings is 2. The van der Waals surface area contributed by atoms with Crippen LogP contribution in [0.1, 0.15) is 28.4 Å². The van der Waals surface area contributed by atoms with Gasteiger partial charge < -0.3 is 0 Å². The zero-order valence-electron chi connectivity index (χ0n) is 11.3. The molecule has 1 nitrogen and oxygen atoms in total. The van der Waals surface area contributed by atoms with Gasteiger partial charge in [0.05, 0.1) is 5.75 Å². The predicted molar refractivity (Wildman–Crippen MR) is 82.1 cm³/mol. The number of Topliss-reactive ketones (excluding diaryl/α,β-unsaturated/α-hetero) is 1. The second kappa shape index (κ2) is 6.58. The van der Waals surface area contributed by atoms with E-state index in [1.807, 2.05) is 18.2 Å². The van der Waals surface area contributed by atoms with Crippen LogP contribution >= 0.6 is 11.8 Å². The van der Waals surface area contributed by atoms with Gasteiger partial charge in [0.15, 0.2) is 5.78 Å². The molecule has 0 N–H and O–H groups in total. The Bertz CT molecular complexity index is 558. The largest absolute Gasteiger partial charge is 0.293 e. The molecule has 2 rings (SSSR count). The van der Waals surface area contributed by atoms with Gasteiger partial charge in [0, 0.05) is 10.5 Å². The van der Waals surface area contributed by atoms with E-state index in [1.54, 1.807) is 11.8 Å². The van der Waals surface area contributed by atoms with Gasteiger partial charge in [-0.1, -0.05) is 42.8 Å². The molecule has 0 saturated heterocycles. The molecule has 0 aliphatic heterocycles. The van der Waals surface area contributed by atoms with Gasteiger partial charge in [0.25, 0.3) is 0 Å². The second-order valence-corrected chi connectivity index (χ2v) is 5.63. The van der Waals surface area contributed by atoms with Crippen LogP contribution in [0.4, 0.5) is 0 Å². The van der Waals surface area contributed by atoms with Crippen molar-refractivity contribution in [3.63, 3.8) is 0 Å². The van der Waals surface area contributed by atoms with Gasteiger partial charge in [0.2, 0.25) is 0 Å². The number of hydrogen-bond donors (Lipinski definition) is 0. The lowest BCUT2D eigenvalue weighted by atomic mass is 10.1. The van der Waals surface area contributed by atoms with E-state index in [9.17, 15) is 4.79 Å². The zero-order chi connectivity index (χ0) is 13.7. The van der Waals surface area contributed by atoms with E-state index in [2.05, 4.69) is 44.2 Å². The van der Waals surface area contributed by atoms with E-state index in [-0.39, 0.29) is 5.78 Å². The molecule has 0 radical (unpaired) electrons. The number of carbonyl (C=O) groups is 1. The van der Waals surface area contributed by atoms with Crippen molar-refractivity contribution in [3.8, 4) is 0 Å². The molecular formula is C17H18OS. The van der Waals surface area contributed by atoms with Crippen LogP contribution in [-0.2, 0) is 6.42 Å². The van der Waals surface area contributed by atoms with Crippen molar-refractivity contribution in [1.82, 2.24) is 0 Å². The van der Waals surface area contributed by atoms with E-state index >= 15 is 0 Å². The van der Waals surface area contributed by atoms with Crippen molar-refractivity contribution in [2.45, 2.75) is 25.2 Å². The van der Waals surface area contributed by atoms with Gasteiger partial charge in [0.1, 0.15) is 0 Å². The van der Waals surface area contributed by atoms with Crippen molar-refractivity contribution in [1.29, 1.82) is 0 Å². The number of hydrogen-bond acceptors (Lipinski definition) is 2. The summed E-state index contributed by atoms with van der Waals surface area (Å²) < 4.78 is 0. The normalized spacial score (nSPS) is 10.4. The van der Waals surface area contributed by atoms with Crippen molar-refractivity contribution >= 4 is 17.5 Å². The Morgan fingerprint density at radius 1 is 1.11 bits per heavy atom. The summed E-state index contributed by atoms with van der Waals surface area (Å²) in [5, 5.41) is 0. The molecular weight excluding hydrogens is 252 g/mol. The smallest absolute Gasteiger partial charge is 0.173 e. The molecule has 0 fully saturated rings. The monoisotopic (exact) mass is 270 g/mol. The fraction of sp³-hybridized carbons (Fsp3) is 0.235. The molecule has 19 heavy (non-hydrogen) atoms. The first-order chi connectivity index (χ1) is 9.19. The molecule has 2 aromatic carbocycles. The highest BCUT2D eigenvalue weighted by molar-refractivity contribution is 8.00. The van der Waals surface area contributed by atoms with Gasteiger partial charge in [-0.05, 0) is 37.1 Å².